The SMILES string of the molecule is Cc1nc2ncccn2c1CCC(=O)O. The lowest BCUT2D eigenvalue weighted by molar-refractivity contribution is -0.136. The largest absolute Gasteiger partial charge is 0.481 e. The quantitative estimate of drug-likeness (QED) is 0.813. The molecule has 2 aromatic heterocycles. The molecule has 2 rings (SSSR count). The van der Waals surface area contributed by atoms with Gasteiger partial charge in [-0.2, -0.15) is 0 Å². The lowest BCUT2D eigenvalue weighted by atomic mass is 10.2. The summed E-state index contributed by atoms with van der Waals surface area (Å²) in [6.45, 7) is 1.87. The maximum atomic E-state index is 10.5. The number of aryl methyl sites for hydroxylation is 2. The third-order valence-electron chi connectivity index (χ3n) is 2.28. The molecule has 1 N–H and O–H groups in total. The third kappa shape index (κ3) is 1.81. The van der Waals surface area contributed by atoms with Crippen LogP contribution in [0.15, 0.2) is 18.5 Å². The molecule has 0 radical (unpaired) electrons. The second-order valence-electron chi connectivity index (χ2n) is 3.33. The van der Waals surface area contributed by atoms with Gasteiger partial charge in [0.2, 0.25) is 5.78 Å². The second kappa shape index (κ2) is 3.68. The van der Waals surface area contributed by atoms with E-state index in [9.17, 15) is 4.79 Å². The van der Waals surface area contributed by atoms with Crippen LogP contribution < -0.4 is 0 Å². The van der Waals surface area contributed by atoms with Crippen molar-refractivity contribution < 1.29 is 9.90 Å². The number of hydrogen-bond acceptors (Lipinski definition) is 3. The summed E-state index contributed by atoms with van der Waals surface area (Å²) in [5, 5.41) is 8.63. The summed E-state index contributed by atoms with van der Waals surface area (Å²) in [5.41, 5.74) is 1.76. The van der Waals surface area contributed by atoms with Crippen molar-refractivity contribution in [2.45, 2.75) is 19.8 Å². The first kappa shape index (κ1) is 9.64. The molecule has 2 heterocycles. The number of hydrogen-bond donors (Lipinski definition) is 1. The van der Waals surface area contributed by atoms with E-state index in [4.69, 9.17) is 5.11 Å². The minimum Gasteiger partial charge on any atom is -0.481 e. The van der Waals surface area contributed by atoms with Crippen LogP contribution in [0.25, 0.3) is 5.78 Å². The number of carboxylic acid groups (broad SMARTS) is 1. The topological polar surface area (TPSA) is 67.5 Å². The van der Waals surface area contributed by atoms with Crippen molar-refractivity contribution in [1.82, 2.24) is 14.4 Å². The Morgan fingerprint density at radius 2 is 2.40 bits per heavy atom. The molecule has 78 valence electrons. The number of aliphatic carboxylic acids is 1. The molecule has 0 atom stereocenters. The zero-order valence-corrected chi connectivity index (χ0v) is 8.34. The van der Waals surface area contributed by atoms with Crippen LogP contribution in [-0.2, 0) is 11.2 Å². The van der Waals surface area contributed by atoms with Crippen molar-refractivity contribution in [2.75, 3.05) is 0 Å². The lowest BCUT2D eigenvalue weighted by Crippen LogP contribution is -2.01. The number of fused-ring (bicyclic) bond motifs is 1. The molecule has 5 heteroatoms. The van der Waals surface area contributed by atoms with Gasteiger partial charge in [-0.05, 0) is 13.0 Å². The predicted octanol–water partition coefficient (Wildman–Crippen LogP) is 1.05. The van der Waals surface area contributed by atoms with Crippen molar-refractivity contribution in [1.29, 1.82) is 0 Å². The van der Waals surface area contributed by atoms with E-state index >= 15 is 0 Å². The molecule has 2 aromatic rings. The van der Waals surface area contributed by atoms with Crippen molar-refractivity contribution in [3.8, 4) is 0 Å². The van der Waals surface area contributed by atoms with Crippen LogP contribution in [0.4, 0.5) is 0 Å². The van der Waals surface area contributed by atoms with Crippen molar-refractivity contribution in [3.05, 3.63) is 29.8 Å². The molecule has 0 aromatic carbocycles. The van der Waals surface area contributed by atoms with Gasteiger partial charge >= 0.3 is 5.97 Å². The van der Waals surface area contributed by atoms with Gasteiger partial charge in [0.25, 0.3) is 0 Å². The fourth-order valence-corrected chi connectivity index (χ4v) is 1.57. The standard InChI is InChI=1S/C10H11N3O2/c1-7-8(3-4-9(14)15)13-6-2-5-11-10(13)12-7/h2,5-6H,3-4H2,1H3,(H,14,15). The number of imidazole rings is 1. The fourth-order valence-electron chi connectivity index (χ4n) is 1.57. The Bertz CT molecular complexity index is 504. The third-order valence-corrected chi connectivity index (χ3v) is 2.28. The first-order valence-electron chi connectivity index (χ1n) is 4.69. The Morgan fingerprint density at radius 3 is 3.13 bits per heavy atom. The van der Waals surface area contributed by atoms with E-state index in [1.54, 1.807) is 12.3 Å². The van der Waals surface area contributed by atoms with Crippen molar-refractivity contribution in [2.24, 2.45) is 0 Å². The van der Waals surface area contributed by atoms with E-state index in [1.807, 2.05) is 17.5 Å². The maximum Gasteiger partial charge on any atom is 0.303 e. The van der Waals surface area contributed by atoms with E-state index in [0.29, 0.717) is 12.2 Å². The number of carboxylic acids is 1. The van der Waals surface area contributed by atoms with E-state index < -0.39 is 5.97 Å². The van der Waals surface area contributed by atoms with Crippen LogP contribution in [0.3, 0.4) is 0 Å². The molecule has 0 saturated carbocycles. The summed E-state index contributed by atoms with van der Waals surface area (Å²) in [7, 11) is 0. The van der Waals surface area contributed by atoms with Gasteiger partial charge in [-0.15, -0.1) is 0 Å². The molecule has 15 heavy (non-hydrogen) atoms. The van der Waals surface area contributed by atoms with Crippen LogP contribution in [0.1, 0.15) is 17.8 Å². The number of rotatable bonds is 3. The Morgan fingerprint density at radius 1 is 1.60 bits per heavy atom. The highest BCUT2D eigenvalue weighted by molar-refractivity contribution is 5.67. The molecule has 0 bridgehead atoms. The molecule has 0 aliphatic rings. The summed E-state index contributed by atoms with van der Waals surface area (Å²) in [6, 6.07) is 1.80. The van der Waals surface area contributed by atoms with E-state index in [0.717, 1.165) is 11.4 Å². The summed E-state index contributed by atoms with van der Waals surface area (Å²) in [4.78, 5) is 18.8. The summed E-state index contributed by atoms with van der Waals surface area (Å²) in [6.07, 6.45) is 4.11. The van der Waals surface area contributed by atoms with Crippen LogP contribution in [0, 0.1) is 6.92 Å². The normalized spacial score (nSPS) is 10.7. The first-order valence-corrected chi connectivity index (χ1v) is 4.69. The highest BCUT2D eigenvalue weighted by Gasteiger charge is 2.09. The van der Waals surface area contributed by atoms with Gasteiger partial charge in [-0.1, -0.05) is 0 Å². The summed E-state index contributed by atoms with van der Waals surface area (Å²) < 4.78 is 1.83. The Kier molecular flexibility index (Phi) is 2.37. The highest BCUT2D eigenvalue weighted by atomic mass is 16.4. The molecule has 0 saturated heterocycles. The zero-order chi connectivity index (χ0) is 10.8. The average molecular weight is 205 g/mol. The van der Waals surface area contributed by atoms with Crippen LogP contribution >= 0.6 is 0 Å². The molecule has 0 aliphatic carbocycles. The van der Waals surface area contributed by atoms with Gasteiger partial charge in [0.15, 0.2) is 0 Å². The second-order valence-corrected chi connectivity index (χ2v) is 3.33. The van der Waals surface area contributed by atoms with Crippen molar-refractivity contribution >= 4 is 11.7 Å². The minimum atomic E-state index is -0.798. The van der Waals surface area contributed by atoms with Gasteiger partial charge in [0.05, 0.1) is 12.1 Å². The molecular formula is C10H11N3O2. The number of nitrogens with zero attached hydrogens (tertiary/aromatic N) is 3. The smallest absolute Gasteiger partial charge is 0.303 e. The first-order chi connectivity index (χ1) is 7.18. The van der Waals surface area contributed by atoms with E-state index in [1.165, 1.54) is 0 Å². The van der Waals surface area contributed by atoms with Gasteiger partial charge in [0, 0.05) is 24.5 Å². The molecule has 0 aliphatic heterocycles. The van der Waals surface area contributed by atoms with Crippen LogP contribution in [0.5, 0.6) is 0 Å². The van der Waals surface area contributed by atoms with Crippen LogP contribution in [0.2, 0.25) is 0 Å². The van der Waals surface area contributed by atoms with Crippen molar-refractivity contribution in [3.63, 3.8) is 0 Å². The lowest BCUT2D eigenvalue weighted by Gasteiger charge is -1.99. The molecule has 0 unspecified atom stereocenters. The number of aromatic nitrogens is 3. The zero-order valence-electron chi connectivity index (χ0n) is 8.34. The van der Waals surface area contributed by atoms with Crippen LogP contribution in [-0.4, -0.2) is 25.4 Å². The monoisotopic (exact) mass is 205 g/mol. The highest BCUT2D eigenvalue weighted by Crippen LogP contribution is 2.11. The molecule has 0 amide bonds. The minimum absolute atomic E-state index is 0.115. The average Bonchev–Trinajstić information content (AvgIpc) is 2.50. The summed E-state index contributed by atoms with van der Waals surface area (Å²) in [5.74, 6) is -0.177. The Hall–Kier alpha value is -1.91. The Balaban J connectivity index is 2.40. The van der Waals surface area contributed by atoms with E-state index in [2.05, 4.69) is 9.97 Å². The molecular weight excluding hydrogens is 194 g/mol. The summed E-state index contributed by atoms with van der Waals surface area (Å²) >= 11 is 0. The van der Waals surface area contributed by atoms with E-state index in [-0.39, 0.29) is 6.42 Å². The fraction of sp³-hybridized carbons (Fsp3) is 0.300. The molecule has 5 nitrogen and oxygen atoms in total. The molecule has 0 fully saturated rings. The Labute approximate surface area is 86.4 Å². The molecule has 0 spiro atoms. The van der Waals surface area contributed by atoms with Gasteiger partial charge in [-0.3, -0.25) is 9.20 Å². The number of carbonyl (C=O) groups is 1. The van der Waals surface area contributed by atoms with Gasteiger partial charge in [0.1, 0.15) is 0 Å². The van der Waals surface area contributed by atoms with Gasteiger partial charge < -0.3 is 5.11 Å². The van der Waals surface area contributed by atoms with Gasteiger partial charge in [-0.25, -0.2) is 9.97 Å². The predicted molar refractivity (Wildman–Crippen MR) is 53.7 cm³/mol. The maximum absolute atomic E-state index is 10.5.